The third kappa shape index (κ3) is 5.02. The minimum absolute atomic E-state index is 0.319. The average molecular weight is 962 g/mol. The van der Waals surface area contributed by atoms with Crippen LogP contribution >= 0.6 is 15.9 Å². The van der Waals surface area contributed by atoms with Gasteiger partial charge in [0.25, 0.3) is 0 Å². The molecule has 14 rings (SSSR count). The van der Waals surface area contributed by atoms with Crippen molar-refractivity contribution >= 4 is 57.7 Å². The lowest BCUT2D eigenvalue weighted by Gasteiger charge is -2.30. The predicted octanol–water partition coefficient (Wildman–Crippen LogP) is 12.2. The van der Waals surface area contributed by atoms with E-state index in [2.05, 4.69) is 125 Å². The number of aryl methyl sites for hydroxylation is 2. The first kappa shape index (κ1) is 39.4. The van der Waals surface area contributed by atoms with Gasteiger partial charge in [0.1, 0.15) is 11.6 Å². The third-order valence-electron chi connectivity index (χ3n) is 13.9. The van der Waals surface area contributed by atoms with Crippen LogP contribution in [-0.2, 0) is 37.9 Å². The Balaban J connectivity index is 0.000000173. The van der Waals surface area contributed by atoms with Crippen molar-refractivity contribution in [1.29, 1.82) is 0 Å². The molecule has 320 valence electrons. The number of aromatic nitrogens is 4. The maximum absolute atomic E-state index is 14.1. The Labute approximate surface area is 389 Å². The molecule has 0 amide bonds. The Hall–Kier alpha value is -6.92. The number of imidazole rings is 2. The monoisotopic (exact) mass is 960 g/mol. The number of fused-ring (bicyclic) bond motifs is 14. The van der Waals surface area contributed by atoms with Crippen LogP contribution in [0.1, 0.15) is 47.8 Å². The van der Waals surface area contributed by atoms with Crippen LogP contribution in [0.3, 0.4) is 0 Å². The molecule has 2 aliphatic carbocycles. The van der Waals surface area contributed by atoms with E-state index in [0.29, 0.717) is 53.9 Å². The average Bonchev–Trinajstić information content (AvgIpc) is 4.08. The van der Waals surface area contributed by atoms with E-state index in [1.54, 1.807) is 30.3 Å². The largest absolute Gasteiger partial charge is 0.294 e. The van der Waals surface area contributed by atoms with Gasteiger partial charge in [-0.25, -0.2) is 26.8 Å². The molecule has 0 fully saturated rings. The Bertz CT molecular complexity index is 3980. The molecule has 0 saturated heterocycles. The maximum atomic E-state index is 14.1. The summed E-state index contributed by atoms with van der Waals surface area (Å²) in [6, 6.07) is 54.8. The zero-order valence-corrected chi connectivity index (χ0v) is 38.8. The second-order valence-electron chi connectivity index (χ2n) is 17.1. The van der Waals surface area contributed by atoms with E-state index in [9.17, 15) is 16.8 Å². The fraction of sp³-hybridized carbons (Fsp3) is 0.0909. The first-order valence-corrected chi connectivity index (χ1v) is 25.7. The van der Waals surface area contributed by atoms with Crippen LogP contribution in [0, 0.1) is 0 Å². The summed E-state index contributed by atoms with van der Waals surface area (Å²) in [5, 5.41) is 0. The smallest absolute Gasteiger partial charge is 0.210 e. The Morgan fingerprint density at radius 3 is 1.41 bits per heavy atom. The first-order valence-electron chi connectivity index (χ1n) is 22.0. The molecule has 10 aromatic rings. The van der Waals surface area contributed by atoms with Gasteiger partial charge in [0.2, 0.25) is 19.7 Å². The summed E-state index contributed by atoms with van der Waals surface area (Å²) in [6.45, 7) is 4.07. The van der Waals surface area contributed by atoms with Gasteiger partial charge in [-0.05, 0) is 116 Å². The summed E-state index contributed by atoms with van der Waals surface area (Å²) in [5.74, 6) is 1.73. The molecule has 0 saturated carbocycles. The summed E-state index contributed by atoms with van der Waals surface area (Å²) in [7, 11) is -7.27. The lowest BCUT2D eigenvalue weighted by atomic mass is 9.70. The number of nitrogens with zero attached hydrogens (tertiary/aromatic N) is 4. The van der Waals surface area contributed by atoms with Crippen molar-refractivity contribution in [3.05, 3.63) is 202 Å². The minimum atomic E-state index is -3.75. The van der Waals surface area contributed by atoms with Gasteiger partial charge in [0, 0.05) is 17.3 Å². The highest BCUT2D eigenvalue weighted by Gasteiger charge is 2.51. The second-order valence-corrected chi connectivity index (χ2v) is 21.8. The number of benzene rings is 8. The quantitative estimate of drug-likeness (QED) is 0.175. The van der Waals surface area contributed by atoms with Crippen LogP contribution < -0.4 is 0 Å². The maximum Gasteiger partial charge on any atom is 0.210 e. The molecule has 66 heavy (non-hydrogen) atoms. The highest BCUT2D eigenvalue weighted by molar-refractivity contribution is 9.10. The SMILES string of the molecule is CCc1nc2cccc3c2n1-c1ccc(-c2ccc4c(c2)C2(c5ccccc5-c5ccccc52)c2ccccc2-4)cc1S3(=O)=O.CCc1nc2cccc3c2n1-c1ccc(Br)cc1S3(=O)=O. The van der Waals surface area contributed by atoms with Gasteiger partial charge in [0.15, 0.2) is 0 Å². The molecule has 8 nitrogen and oxygen atoms in total. The molecule has 0 N–H and O–H groups in total. The number of hydrogen-bond acceptors (Lipinski definition) is 6. The van der Waals surface area contributed by atoms with E-state index in [-0.39, 0.29) is 0 Å². The van der Waals surface area contributed by atoms with Gasteiger partial charge >= 0.3 is 0 Å². The summed E-state index contributed by atoms with van der Waals surface area (Å²) in [5.41, 5.74) is 15.6. The van der Waals surface area contributed by atoms with Gasteiger partial charge < -0.3 is 0 Å². The van der Waals surface area contributed by atoms with Gasteiger partial charge in [-0.2, -0.15) is 0 Å². The number of rotatable bonds is 3. The van der Waals surface area contributed by atoms with Crippen LogP contribution in [0.5, 0.6) is 0 Å². The standard InChI is InChI=1S/C40H26N2O2S.C15H11BrN2O2S/c1-2-38-41-34-16-9-17-36-39(34)42(38)35-21-19-25(23-37(35)45(36,43)44)24-18-20-29-28-12-5-8-15-32(28)40(33(29)22-24)30-13-6-3-10-26(30)27-11-4-7-14-31(27)40;1-2-14-17-10-4-3-5-12-15(10)18(14)11-7-6-9(16)8-13(11)21(12,19)20/h3-23H,2H2,1H3;3-8H,2H2,1H3. The fourth-order valence-corrected chi connectivity index (χ4v) is 15.0. The topological polar surface area (TPSA) is 104 Å². The number of halogens is 1. The zero-order chi connectivity index (χ0) is 44.9. The Morgan fingerprint density at radius 1 is 0.455 bits per heavy atom. The van der Waals surface area contributed by atoms with Crippen LogP contribution in [0.2, 0.25) is 0 Å². The molecule has 0 unspecified atom stereocenters. The number of hydrogen-bond donors (Lipinski definition) is 0. The van der Waals surface area contributed by atoms with Crippen molar-refractivity contribution in [2.45, 2.75) is 51.7 Å². The van der Waals surface area contributed by atoms with E-state index in [0.717, 1.165) is 39.2 Å². The molecule has 1 spiro atoms. The van der Waals surface area contributed by atoms with Gasteiger partial charge in [0.05, 0.1) is 58.4 Å². The normalized spacial score (nSPS) is 15.3. The van der Waals surface area contributed by atoms with E-state index in [4.69, 9.17) is 4.98 Å². The van der Waals surface area contributed by atoms with Crippen LogP contribution in [0.15, 0.2) is 188 Å². The Kier molecular flexibility index (Phi) is 8.25. The molecule has 4 aliphatic rings. The molecule has 11 heteroatoms. The van der Waals surface area contributed by atoms with Gasteiger partial charge in [-0.1, -0.05) is 133 Å². The van der Waals surface area contributed by atoms with E-state index in [1.165, 1.54) is 44.5 Å². The van der Waals surface area contributed by atoms with Crippen molar-refractivity contribution < 1.29 is 16.8 Å². The van der Waals surface area contributed by atoms with Crippen LogP contribution in [-0.4, -0.2) is 35.9 Å². The highest BCUT2D eigenvalue weighted by Crippen LogP contribution is 2.63. The van der Waals surface area contributed by atoms with E-state index < -0.39 is 25.1 Å². The minimum Gasteiger partial charge on any atom is -0.294 e. The van der Waals surface area contributed by atoms with Gasteiger partial charge in [-0.3, -0.25) is 9.13 Å². The summed E-state index contributed by atoms with van der Waals surface area (Å²) in [6.07, 6.45) is 1.44. The van der Waals surface area contributed by atoms with Crippen molar-refractivity contribution in [2.24, 2.45) is 0 Å². The van der Waals surface area contributed by atoms with Gasteiger partial charge in [-0.15, -0.1) is 0 Å². The summed E-state index contributed by atoms with van der Waals surface area (Å²) >= 11 is 3.36. The van der Waals surface area contributed by atoms with Crippen LogP contribution in [0.4, 0.5) is 0 Å². The molecule has 4 heterocycles. The molecule has 0 radical (unpaired) electrons. The molecule has 2 aromatic heterocycles. The molecule has 2 aliphatic heterocycles. The lowest BCUT2D eigenvalue weighted by Crippen LogP contribution is -2.25. The molecule has 0 bridgehead atoms. The molecule has 0 atom stereocenters. The number of para-hydroxylation sites is 2. The van der Waals surface area contributed by atoms with E-state index >= 15 is 0 Å². The fourth-order valence-electron chi connectivity index (χ4n) is 11.2. The van der Waals surface area contributed by atoms with Crippen molar-refractivity contribution in [3.8, 4) is 44.8 Å². The summed E-state index contributed by atoms with van der Waals surface area (Å²) < 4.78 is 58.8. The zero-order valence-electron chi connectivity index (χ0n) is 35.6. The third-order valence-corrected chi connectivity index (χ3v) is 18.0. The summed E-state index contributed by atoms with van der Waals surface area (Å²) in [4.78, 5) is 10.7. The molecular weight excluding hydrogens is 925 g/mol. The van der Waals surface area contributed by atoms with Crippen LogP contribution in [0.25, 0.3) is 66.8 Å². The van der Waals surface area contributed by atoms with Crippen molar-refractivity contribution in [1.82, 2.24) is 19.1 Å². The molecule has 8 aromatic carbocycles. The second kappa shape index (κ2) is 13.8. The van der Waals surface area contributed by atoms with E-state index in [1.807, 2.05) is 52.5 Å². The predicted molar refractivity (Wildman–Crippen MR) is 261 cm³/mol. The Morgan fingerprint density at radius 2 is 0.894 bits per heavy atom. The lowest BCUT2D eigenvalue weighted by molar-refractivity contribution is 0.592. The van der Waals surface area contributed by atoms with Crippen molar-refractivity contribution in [3.63, 3.8) is 0 Å². The number of sulfone groups is 2. The van der Waals surface area contributed by atoms with Crippen molar-refractivity contribution in [2.75, 3.05) is 0 Å². The highest BCUT2D eigenvalue weighted by atomic mass is 79.9. The first-order chi connectivity index (χ1) is 32.1. The molecular formula is C55H37BrN4O4S2.